The van der Waals surface area contributed by atoms with E-state index in [9.17, 15) is 18.0 Å². The maximum absolute atomic E-state index is 11.9. The molecule has 1 aromatic rings. The standard InChI is InChI=1S/C11H11BrF3NO2/c1-7(16-10(17)6-12)8-2-4-9(5-3-8)18-11(13,14)15/h2-5,7H,6H2,1H3,(H,16,17)/t7-/m0/s1. The highest BCUT2D eigenvalue weighted by atomic mass is 79.9. The van der Waals surface area contributed by atoms with Crippen LogP contribution in [0, 0.1) is 0 Å². The quantitative estimate of drug-likeness (QED) is 0.863. The molecule has 0 aliphatic rings. The highest BCUT2D eigenvalue weighted by molar-refractivity contribution is 9.09. The molecule has 1 N–H and O–H groups in total. The highest BCUT2D eigenvalue weighted by Crippen LogP contribution is 2.24. The predicted molar refractivity (Wildman–Crippen MR) is 63.5 cm³/mol. The second-order valence-corrected chi connectivity index (χ2v) is 4.10. The van der Waals surface area contributed by atoms with Gasteiger partial charge in [-0.15, -0.1) is 13.2 Å². The largest absolute Gasteiger partial charge is 0.573 e. The number of hydrogen-bond acceptors (Lipinski definition) is 2. The maximum atomic E-state index is 11.9. The van der Waals surface area contributed by atoms with Gasteiger partial charge < -0.3 is 10.1 Å². The average molecular weight is 326 g/mol. The summed E-state index contributed by atoms with van der Waals surface area (Å²) in [5, 5.41) is 2.84. The van der Waals surface area contributed by atoms with E-state index >= 15 is 0 Å². The molecule has 0 fully saturated rings. The van der Waals surface area contributed by atoms with Gasteiger partial charge in [0, 0.05) is 0 Å². The van der Waals surface area contributed by atoms with Crippen molar-refractivity contribution in [2.75, 3.05) is 5.33 Å². The van der Waals surface area contributed by atoms with Crippen molar-refractivity contribution >= 4 is 21.8 Å². The molecule has 0 saturated carbocycles. The molecule has 0 heterocycles. The fourth-order valence-corrected chi connectivity index (χ4v) is 1.48. The van der Waals surface area contributed by atoms with Gasteiger partial charge in [-0.25, -0.2) is 0 Å². The number of carbonyl (C=O) groups excluding carboxylic acids is 1. The van der Waals surface area contributed by atoms with Crippen LogP contribution in [0.25, 0.3) is 0 Å². The van der Waals surface area contributed by atoms with E-state index in [0.29, 0.717) is 5.56 Å². The molecule has 0 saturated heterocycles. The molecule has 1 rings (SSSR count). The number of nitrogens with one attached hydrogen (secondary N) is 1. The van der Waals surface area contributed by atoms with Gasteiger partial charge in [0.05, 0.1) is 11.4 Å². The third-order valence-corrected chi connectivity index (χ3v) is 2.62. The second kappa shape index (κ2) is 6.08. The molecule has 0 spiro atoms. The number of amides is 1. The van der Waals surface area contributed by atoms with Crippen LogP contribution in [-0.2, 0) is 4.79 Å². The van der Waals surface area contributed by atoms with E-state index in [1.165, 1.54) is 24.3 Å². The van der Waals surface area contributed by atoms with E-state index < -0.39 is 6.36 Å². The maximum Gasteiger partial charge on any atom is 0.573 e. The molecule has 0 radical (unpaired) electrons. The van der Waals surface area contributed by atoms with Crippen LogP contribution < -0.4 is 10.1 Å². The van der Waals surface area contributed by atoms with Gasteiger partial charge in [0.2, 0.25) is 5.91 Å². The number of rotatable bonds is 4. The lowest BCUT2D eigenvalue weighted by Crippen LogP contribution is -2.27. The van der Waals surface area contributed by atoms with Crippen molar-refractivity contribution < 1.29 is 22.7 Å². The summed E-state index contributed by atoms with van der Waals surface area (Å²) in [6, 6.07) is 5.08. The summed E-state index contributed by atoms with van der Waals surface area (Å²) in [6.45, 7) is 1.74. The Kier molecular flexibility index (Phi) is 5.01. The summed E-state index contributed by atoms with van der Waals surface area (Å²) in [6.07, 6.45) is -4.70. The molecule has 0 bridgehead atoms. The van der Waals surface area contributed by atoms with E-state index in [0.717, 1.165) is 0 Å². The van der Waals surface area contributed by atoms with Crippen LogP contribution in [0.4, 0.5) is 13.2 Å². The molecule has 0 aliphatic heterocycles. The summed E-state index contributed by atoms with van der Waals surface area (Å²) in [5.41, 5.74) is 0.693. The minimum atomic E-state index is -4.70. The smallest absolute Gasteiger partial charge is 0.406 e. The first-order valence-corrected chi connectivity index (χ1v) is 6.15. The Balaban J connectivity index is 2.67. The Morgan fingerprint density at radius 2 is 1.94 bits per heavy atom. The van der Waals surface area contributed by atoms with Gasteiger partial charge in [-0.05, 0) is 24.6 Å². The molecule has 0 aliphatic carbocycles. The zero-order chi connectivity index (χ0) is 13.8. The van der Waals surface area contributed by atoms with Gasteiger partial charge in [-0.2, -0.15) is 0 Å². The van der Waals surface area contributed by atoms with Crippen LogP contribution in [0.1, 0.15) is 18.5 Å². The van der Waals surface area contributed by atoms with Gasteiger partial charge in [0.25, 0.3) is 0 Å². The Bertz CT molecular complexity index is 406. The van der Waals surface area contributed by atoms with Gasteiger partial charge in [0.15, 0.2) is 0 Å². The molecule has 7 heteroatoms. The fourth-order valence-electron chi connectivity index (χ4n) is 1.32. The van der Waals surface area contributed by atoms with Gasteiger partial charge in [-0.1, -0.05) is 28.1 Å². The average Bonchev–Trinajstić information content (AvgIpc) is 2.27. The van der Waals surface area contributed by atoms with Crippen molar-refractivity contribution in [3.05, 3.63) is 29.8 Å². The first-order chi connectivity index (χ1) is 8.31. The minimum Gasteiger partial charge on any atom is -0.406 e. The molecule has 18 heavy (non-hydrogen) atoms. The number of carbonyl (C=O) groups is 1. The van der Waals surface area contributed by atoms with Gasteiger partial charge in [-0.3, -0.25) is 4.79 Å². The second-order valence-electron chi connectivity index (χ2n) is 3.54. The molecule has 0 unspecified atom stereocenters. The van der Waals surface area contributed by atoms with Crippen molar-refractivity contribution in [1.82, 2.24) is 5.32 Å². The van der Waals surface area contributed by atoms with Crippen LogP contribution >= 0.6 is 15.9 Å². The van der Waals surface area contributed by atoms with Crippen LogP contribution in [0.2, 0.25) is 0 Å². The van der Waals surface area contributed by atoms with E-state index in [1.54, 1.807) is 6.92 Å². The van der Waals surface area contributed by atoms with Crippen LogP contribution in [-0.4, -0.2) is 17.6 Å². The SMILES string of the molecule is C[C@H](NC(=O)CBr)c1ccc(OC(F)(F)F)cc1. The van der Waals surface area contributed by atoms with Crippen LogP contribution in [0.15, 0.2) is 24.3 Å². The normalized spacial score (nSPS) is 12.9. The van der Waals surface area contributed by atoms with E-state index in [1.807, 2.05) is 0 Å². The lowest BCUT2D eigenvalue weighted by atomic mass is 10.1. The Hall–Kier alpha value is -1.24. The van der Waals surface area contributed by atoms with Crippen LogP contribution in [0.3, 0.4) is 0 Å². The predicted octanol–water partition coefficient (Wildman–Crippen LogP) is 3.16. The lowest BCUT2D eigenvalue weighted by Gasteiger charge is -2.14. The molecule has 0 aromatic heterocycles. The van der Waals surface area contributed by atoms with Gasteiger partial charge in [0.1, 0.15) is 5.75 Å². The van der Waals surface area contributed by atoms with Crippen molar-refractivity contribution in [2.24, 2.45) is 0 Å². The van der Waals surface area contributed by atoms with E-state index in [2.05, 4.69) is 26.0 Å². The van der Waals surface area contributed by atoms with Crippen LogP contribution in [0.5, 0.6) is 5.75 Å². The fraction of sp³-hybridized carbons (Fsp3) is 0.364. The lowest BCUT2D eigenvalue weighted by molar-refractivity contribution is -0.274. The Morgan fingerprint density at radius 3 is 2.39 bits per heavy atom. The first-order valence-electron chi connectivity index (χ1n) is 5.03. The van der Waals surface area contributed by atoms with Crippen molar-refractivity contribution in [1.29, 1.82) is 0 Å². The summed E-state index contributed by atoms with van der Waals surface area (Å²) in [5.74, 6) is -0.483. The third kappa shape index (κ3) is 4.95. The number of ether oxygens (including phenoxy) is 1. The molecule has 1 amide bonds. The van der Waals surface area contributed by atoms with Crippen molar-refractivity contribution in [3.8, 4) is 5.75 Å². The Labute approximate surface area is 110 Å². The summed E-state index contributed by atoms with van der Waals surface area (Å²) in [4.78, 5) is 11.1. The molecule has 3 nitrogen and oxygen atoms in total. The molecule has 100 valence electrons. The third-order valence-electron chi connectivity index (χ3n) is 2.11. The number of alkyl halides is 4. The summed E-state index contributed by atoms with van der Waals surface area (Å²) >= 11 is 3.00. The summed E-state index contributed by atoms with van der Waals surface area (Å²) < 4.78 is 39.5. The number of benzene rings is 1. The van der Waals surface area contributed by atoms with E-state index in [4.69, 9.17) is 0 Å². The molecule has 1 aromatic carbocycles. The zero-order valence-corrected chi connectivity index (χ0v) is 11.0. The van der Waals surface area contributed by atoms with Crippen molar-refractivity contribution in [3.63, 3.8) is 0 Å². The zero-order valence-electron chi connectivity index (χ0n) is 9.42. The van der Waals surface area contributed by atoms with E-state index in [-0.39, 0.29) is 23.0 Å². The molecule has 1 atom stereocenters. The highest BCUT2D eigenvalue weighted by Gasteiger charge is 2.31. The molecular weight excluding hydrogens is 315 g/mol. The van der Waals surface area contributed by atoms with Crippen molar-refractivity contribution in [2.45, 2.75) is 19.3 Å². The minimum absolute atomic E-state index is 0.173. The topological polar surface area (TPSA) is 38.3 Å². The number of halogens is 4. The molecular formula is C11H11BrF3NO2. The monoisotopic (exact) mass is 325 g/mol. The summed E-state index contributed by atoms with van der Waals surface area (Å²) in [7, 11) is 0. The van der Waals surface area contributed by atoms with Gasteiger partial charge >= 0.3 is 6.36 Å². The first kappa shape index (κ1) is 14.8. The Morgan fingerprint density at radius 1 is 1.39 bits per heavy atom. The number of hydrogen-bond donors (Lipinski definition) is 1.